The van der Waals surface area contributed by atoms with Crippen LogP contribution in [0.2, 0.25) is 0 Å². The van der Waals surface area contributed by atoms with Crippen LogP contribution in [0.5, 0.6) is 0 Å². The first kappa shape index (κ1) is 13.3. The van der Waals surface area contributed by atoms with Crippen LogP contribution < -0.4 is 5.32 Å². The minimum Gasteiger partial charge on any atom is -0.315 e. The van der Waals surface area contributed by atoms with Crippen molar-refractivity contribution in [1.29, 1.82) is 0 Å². The summed E-state index contributed by atoms with van der Waals surface area (Å²) in [6, 6.07) is 0.693. The molecule has 0 bridgehead atoms. The Morgan fingerprint density at radius 3 is 2.62 bits per heavy atom. The average molecular weight is 204 g/mol. The summed E-state index contributed by atoms with van der Waals surface area (Å²) < 4.78 is 0. The van der Waals surface area contributed by atoms with E-state index in [1.165, 1.54) is 12.2 Å². The molecule has 0 fully saturated rings. The van der Waals surface area contributed by atoms with E-state index in [1.807, 2.05) is 11.8 Å². The van der Waals surface area contributed by atoms with Gasteiger partial charge < -0.3 is 10.2 Å². The Kier molecular flexibility index (Phi) is 9.03. The SMILES string of the molecule is CCCNCCN(C)C(C)CSC. The van der Waals surface area contributed by atoms with Gasteiger partial charge in [0.15, 0.2) is 0 Å². The van der Waals surface area contributed by atoms with Crippen LogP contribution in [-0.2, 0) is 0 Å². The van der Waals surface area contributed by atoms with E-state index in [1.54, 1.807) is 0 Å². The molecule has 0 aromatic rings. The van der Waals surface area contributed by atoms with E-state index in [-0.39, 0.29) is 0 Å². The van der Waals surface area contributed by atoms with Gasteiger partial charge in [0.1, 0.15) is 0 Å². The largest absolute Gasteiger partial charge is 0.315 e. The van der Waals surface area contributed by atoms with Gasteiger partial charge in [-0.1, -0.05) is 6.92 Å². The Morgan fingerprint density at radius 1 is 1.38 bits per heavy atom. The molecule has 80 valence electrons. The Bertz CT molecular complexity index is 109. The summed E-state index contributed by atoms with van der Waals surface area (Å²) in [6.07, 6.45) is 3.39. The lowest BCUT2D eigenvalue weighted by atomic mass is 10.3. The van der Waals surface area contributed by atoms with Crippen LogP contribution in [0.3, 0.4) is 0 Å². The van der Waals surface area contributed by atoms with Gasteiger partial charge in [0.05, 0.1) is 0 Å². The molecule has 1 unspecified atom stereocenters. The third kappa shape index (κ3) is 7.35. The average Bonchev–Trinajstić information content (AvgIpc) is 2.12. The van der Waals surface area contributed by atoms with Crippen molar-refractivity contribution in [2.45, 2.75) is 26.3 Å². The molecule has 0 spiro atoms. The molecule has 3 heteroatoms. The van der Waals surface area contributed by atoms with Crippen LogP contribution in [0.1, 0.15) is 20.3 Å². The van der Waals surface area contributed by atoms with E-state index in [9.17, 15) is 0 Å². The van der Waals surface area contributed by atoms with Gasteiger partial charge in [-0.2, -0.15) is 11.8 Å². The normalized spacial score (nSPS) is 13.6. The van der Waals surface area contributed by atoms with Gasteiger partial charge in [-0.05, 0) is 33.2 Å². The number of hydrogen-bond donors (Lipinski definition) is 1. The summed E-state index contributed by atoms with van der Waals surface area (Å²) >= 11 is 1.92. The smallest absolute Gasteiger partial charge is 0.0155 e. The molecule has 13 heavy (non-hydrogen) atoms. The summed E-state index contributed by atoms with van der Waals surface area (Å²) in [7, 11) is 2.20. The van der Waals surface area contributed by atoms with Gasteiger partial charge >= 0.3 is 0 Å². The fraction of sp³-hybridized carbons (Fsp3) is 1.00. The van der Waals surface area contributed by atoms with Crippen LogP contribution in [0.25, 0.3) is 0 Å². The van der Waals surface area contributed by atoms with Crippen molar-refractivity contribution in [2.24, 2.45) is 0 Å². The van der Waals surface area contributed by atoms with E-state index >= 15 is 0 Å². The number of nitrogens with zero attached hydrogens (tertiary/aromatic N) is 1. The maximum absolute atomic E-state index is 3.41. The summed E-state index contributed by atoms with van der Waals surface area (Å²) in [5.41, 5.74) is 0. The summed E-state index contributed by atoms with van der Waals surface area (Å²) in [4.78, 5) is 2.42. The maximum atomic E-state index is 3.41. The minimum absolute atomic E-state index is 0.693. The van der Waals surface area contributed by atoms with Gasteiger partial charge in [-0.25, -0.2) is 0 Å². The zero-order valence-electron chi connectivity index (χ0n) is 9.47. The molecule has 0 aliphatic carbocycles. The Balaban J connectivity index is 3.32. The molecule has 0 amide bonds. The third-order valence-corrected chi connectivity index (χ3v) is 3.04. The number of likely N-dealkylation sites (N-methyl/N-ethyl adjacent to an activating group) is 1. The number of hydrogen-bond acceptors (Lipinski definition) is 3. The predicted octanol–water partition coefficient (Wildman–Crippen LogP) is 1.67. The first-order valence-corrected chi connectivity index (χ1v) is 6.51. The standard InChI is InChI=1S/C10H24N2S/c1-5-6-11-7-8-12(3)10(2)9-13-4/h10-11H,5-9H2,1-4H3. The molecular formula is C10H24N2S. The minimum atomic E-state index is 0.693. The third-order valence-electron chi connectivity index (χ3n) is 2.23. The van der Waals surface area contributed by atoms with Crippen molar-refractivity contribution >= 4 is 11.8 Å². The summed E-state index contributed by atoms with van der Waals surface area (Å²) in [6.45, 7) is 7.90. The highest BCUT2D eigenvalue weighted by Crippen LogP contribution is 2.02. The van der Waals surface area contributed by atoms with E-state index in [2.05, 4.69) is 37.4 Å². The van der Waals surface area contributed by atoms with Crippen molar-refractivity contribution in [1.82, 2.24) is 10.2 Å². The van der Waals surface area contributed by atoms with Gasteiger partial charge in [-0.15, -0.1) is 0 Å². The zero-order chi connectivity index (χ0) is 10.1. The van der Waals surface area contributed by atoms with E-state index in [0.29, 0.717) is 6.04 Å². The molecule has 0 aliphatic rings. The molecular weight excluding hydrogens is 180 g/mol. The van der Waals surface area contributed by atoms with Gasteiger partial charge in [0, 0.05) is 24.9 Å². The van der Waals surface area contributed by atoms with Crippen molar-refractivity contribution < 1.29 is 0 Å². The Morgan fingerprint density at radius 2 is 2.08 bits per heavy atom. The highest BCUT2D eigenvalue weighted by atomic mass is 32.2. The van der Waals surface area contributed by atoms with Crippen molar-refractivity contribution in [3.63, 3.8) is 0 Å². The molecule has 1 N–H and O–H groups in total. The second-order valence-electron chi connectivity index (χ2n) is 3.53. The fourth-order valence-corrected chi connectivity index (χ4v) is 1.88. The molecule has 0 rings (SSSR count). The molecule has 0 aromatic carbocycles. The molecule has 0 aromatic heterocycles. The van der Waals surface area contributed by atoms with Crippen LogP contribution in [0.15, 0.2) is 0 Å². The highest BCUT2D eigenvalue weighted by molar-refractivity contribution is 7.98. The van der Waals surface area contributed by atoms with Gasteiger partial charge in [0.25, 0.3) is 0 Å². The summed E-state index contributed by atoms with van der Waals surface area (Å²) in [5, 5.41) is 3.41. The second-order valence-corrected chi connectivity index (χ2v) is 4.45. The number of rotatable bonds is 8. The van der Waals surface area contributed by atoms with Crippen LogP contribution >= 0.6 is 11.8 Å². The molecule has 0 aliphatic heterocycles. The summed E-state index contributed by atoms with van der Waals surface area (Å²) in [5.74, 6) is 1.23. The Labute approximate surface area is 87.5 Å². The van der Waals surface area contributed by atoms with Crippen molar-refractivity contribution in [2.75, 3.05) is 38.7 Å². The van der Waals surface area contributed by atoms with Crippen molar-refractivity contribution in [3.05, 3.63) is 0 Å². The molecule has 1 atom stereocenters. The van der Waals surface area contributed by atoms with E-state index in [0.717, 1.165) is 19.6 Å². The van der Waals surface area contributed by atoms with Crippen LogP contribution in [0.4, 0.5) is 0 Å². The first-order chi connectivity index (χ1) is 6.22. The maximum Gasteiger partial charge on any atom is 0.0155 e. The lowest BCUT2D eigenvalue weighted by Crippen LogP contribution is -2.36. The van der Waals surface area contributed by atoms with Crippen LogP contribution in [-0.4, -0.2) is 49.6 Å². The molecule has 0 saturated carbocycles. The van der Waals surface area contributed by atoms with E-state index < -0.39 is 0 Å². The topological polar surface area (TPSA) is 15.3 Å². The quantitative estimate of drug-likeness (QED) is 0.606. The van der Waals surface area contributed by atoms with Gasteiger partial charge in [0.2, 0.25) is 0 Å². The second kappa shape index (κ2) is 8.85. The number of thioether (sulfide) groups is 1. The van der Waals surface area contributed by atoms with Crippen molar-refractivity contribution in [3.8, 4) is 0 Å². The zero-order valence-corrected chi connectivity index (χ0v) is 10.3. The monoisotopic (exact) mass is 204 g/mol. The highest BCUT2D eigenvalue weighted by Gasteiger charge is 2.06. The Hall–Kier alpha value is 0.270. The number of nitrogens with one attached hydrogen (secondary N) is 1. The lowest BCUT2D eigenvalue weighted by Gasteiger charge is -2.23. The van der Waals surface area contributed by atoms with E-state index in [4.69, 9.17) is 0 Å². The van der Waals surface area contributed by atoms with Gasteiger partial charge in [-0.3, -0.25) is 0 Å². The van der Waals surface area contributed by atoms with Crippen LogP contribution in [0, 0.1) is 0 Å². The lowest BCUT2D eigenvalue weighted by molar-refractivity contribution is 0.277. The molecule has 2 nitrogen and oxygen atoms in total. The molecule has 0 saturated heterocycles. The fourth-order valence-electron chi connectivity index (χ4n) is 1.15. The molecule has 0 radical (unpaired) electrons. The first-order valence-electron chi connectivity index (χ1n) is 5.12. The predicted molar refractivity (Wildman–Crippen MR) is 63.6 cm³/mol. The molecule has 0 heterocycles.